The molecule has 0 amide bonds. The van der Waals surface area contributed by atoms with Gasteiger partial charge in [-0.15, -0.1) is 0 Å². The maximum Gasteiger partial charge on any atom is 0.231 e. The molecule has 2 aliphatic rings. The number of rotatable bonds is 7. The molecule has 0 unspecified atom stereocenters. The van der Waals surface area contributed by atoms with Gasteiger partial charge in [0.15, 0.2) is 28.6 Å². The van der Waals surface area contributed by atoms with Gasteiger partial charge in [0.1, 0.15) is 30.1 Å². The first-order chi connectivity index (χ1) is 18.1. The van der Waals surface area contributed by atoms with E-state index >= 15 is 0 Å². The Bertz CT molecular complexity index is 1420. The van der Waals surface area contributed by atoms with Gasteiger partial charge in [0.2, 0.25) is 6.79 Å². The van der Waals surface area contributed by atoms with Gasteiger partial charge in [-0.3, -0.25) is 0 Å². The number of methoxy groups -OCH3 is 2. The number of nitrogens with zero attached hydrogens (tertiary/aromatic N) is 6. The van der Waals surface area contributed by atoms with Crippen LogP contribution in [0.1, 0.15) is 5.56 Å². The number of hydrogen-bond acceptors (Lipinski definition) is 11. The SMILES string of the molecule is COc1cc2ncnc(N3CCN(C(NCc4ccc5c(c4)OCO5)=C(C#N)C#N)CC3)c2cc1OC. The summed E-state index contributed by atoms with van der Waals surface area (Å²) < 4.78 is 21.7. The Morgan fingerprint density at radius 3 is 2.43 bits per heavy atom. The van der Waals surface area contributed by atoms with Crippen molar-refractivity contribution < 1.29 is 18.9 Å². The highest BCUT2D eigenvalue weighted by molar-refractivity contribution is 5.92. The molecule has 0 radical (unpaired) electrons. The summed E-state index contributed by atoms with van der Waals surface area (Å²) in [7, 11) is 3.19. The van der Waals surface area contributed by atoms with Crippen molar-refractivity contribution in [1.82, 2.24) is 20.2 Å². The van der Waals surface area contributed by atoms with Gasteiger partial charge in [-0.1, -0.05) is 6.07 Å². The van der Waals surface area contributed by atoms with Crippen LogP contribution in [0, 0.1) is 22.7 Å². The van der Waals surface area contributed by atoms with E-state index in [1.807, 2.05) is 47.4 Å². The maximum absolute atomic E-state index is 9.61. The zero-order valence-electron chi connectivity index (χ0n) is 20.5. The van der Waals surface area contributed by atoms with Crippen LogP contribution in [0.15, 0.2) is 48.1 Å². The summed E-state index contributed by atoms with van der Waals surface area (Å²) in [4.78, 5) is 13.1. The van der Waals surface area contributed by atoms with E-state index in [9.17, 15) is 10.5 Å². The Kier molecular flexibility index (Phi) is 6.68. The van der Waals surface area contributed by atoms with Crippen LogP contribution in [0.25, 0.3) is 10.9 Å². The first-order valence-electron chi connectivity index (χ1n) is 11.7. The lowest BCUT2D eigenvalue weighted by Gasteiger charge is -2.38. The Morgan fingerprint density at radius 1 is 0.973 bits per heavy atom. The Morgan fingerprint density at radius 2 is 1.70 bits per heavy atom. The van der Waals surface area contributed by atoms with Gasteiger partial charge in [0.05, 0.1) is 19.7 Å². The van der Waals surface area contributed by atoms with Crippen molar-refractivity contribution in [2.24, 2.45) is 0 Å². The molecule has 11 heteroatoms. The van der Waals surface area contributed by atoms with Crippen molar-refractivity contribution in [2.45, 2.75) is 6.54 Å². The summed E-state index contributed by atoms with van der Waals surface area (Å²) in [5.74, 6) is 3.92. The van der Waals surface area contributed by atoms with Crippen LogP contribution in [0.3, 0.4) is 0 Å². The highest BCUT2D eigenvalue weighted by atomic mass is 16.7. The largest absolute Gasteiger partial charge is 0.493 e. The van der Waals surface area contributed by atoms with Crippen LogP contribution in [0.5, 0.6) is 23.0 Å². The lowest BCUT2D eigenvalue weighted by atomic mass is 10.1. The predicted octanol–water partition coefficient (Wildman–Crippen LogP) is 2.55. The van der Waals surface area contributed by atoms with E-state index in [0.29, 0.717) is 61.5 Å². The molecule has 0 aliphatic carbocycles. The van der Waals surface area contributed by atoms with Gasteiger partial charge in [0, 0.05) is 44.2 Å². The van der Waals surface area contributed by atoms with Gasteiger partial charge in [-0.05, 0) is 23.8 Å². The third-order valence-electron chi connectivity index (χ3n) is 6.37. The summed E-state index contributed by atoms with van der Waals surface area (Å²) in [6.07, 6.45) is 1.54. The number of nitriles is 2. The fourth-order valence-corrected chi connectivity index (χ4v) is 4.49. The Labute approximate surface area is 214 Å². The fraction of sp³-hybridized carbons (Fsp3) is 0.308. The first kappa shape index (κ1) is 23.8. The van der Waals surface area contributed by atoms with Crippen molar-refractivity contribution in [1.29, 1.82) is 10.5 Å². The van der Waals surface area contributed by atoms with Gasteiger partial charge in [0.25, 0.3) is 0 Å². The highest BCUT2D eigenvalue weighted by Gasteiger charge is 2.24. The molecular formula is C26H25N7O4. The number of piperazine rings is 1. The molecule has 1 fully saturated rings. The molecule has 0 saturated carbocycles. The van der Waals surface area contributed by atoms with E-state index < -0.39 is 0 Å². The molecule has 37 heavy (non-hydrogen) atoms. The molecule has 2 aromatic carbocycles. The zero-order valence-corrected chi connectivity index (χ0v) is 20.5. The average Bonchev–Trinajstić information content (AvgIpc) is 3.42. The second kappa shape index (κ2) is 10.4. The molecule has 0 bridgehead atoms. The molecule has 5 rings (SSSR count). The van der Waals surface area contributed by atoms with Crippen molar-refractivity contribution >= 4 is 16.7 Å². The van der Waals surface area contributed by atoms with Crippen molar-refractivity contribution in [3.8, 4) is 35.1 Å². The number of allylic oxidation sites excluding steroid dienone is 1. The lowest BCUT2D eigenvalue weighted by Crippen LogP contribution is -2.48. The molecule has 3 heterocycles. The van der Waals surface area contributed by atoms with E-state index in [2.05, 4.69) is 20.2 Å². The molecule has 1 N–H and O–H groups in total. The van der Waals surface area contributed by atoms with E-state index in [1.54, 1.807) is 14.2 Å². The van der Waals surface area contributed by atoms with Crippen LogP contribution in [0.2, 0.25) is 0 Å². The quantitative estimate of drug-likeness (QED) is 0.482. The maximum atomic E-state index is 9.61. The first-order valence-corrected chi connectivity index (χ1v) is 11.7. The minimum Gasteiger partial charge on any atom is -0.493 e. The van der Waals surface area contributed by atoms with Crippen LogP contribution in [-0.2, 0) is 6.54 Å². The summed E-state index contributed by atoms with van der Waals surface area (Å²) in [6.45, 7) is 3.09. The third-order valence-corrected chi connectivity index (χ3v) is 6.37. The van der Waals surface area contributed by atoms with E-state index in [4.69, 9.17) is 18.9 Å². The summed E-state index contributed by atoms with van der Waals surface area (Å²) in [5.41, 5.74) is 1.75. The summed E-state index contributed by atoms with van der Waals surface area (Å²) >= 11 is 0. The topological polar surface area (TPSA) is 129 Å². The molecule has 1 aromatic heterocycles. The van der Waals surface area contributed by atoms with Crippen LogP contribution < -0.4 is 29.2 Å². The summed E-state index contributed by atoms with van der Waals surface area (Å²) in [6, 6.07) is 13.5. The number of ether oxygens (including phenoxy) is 4. The predicted molar refractivity (Wildman–Crippen MR) is 134 cm³/mol. The minimum atomic E-state index is 0.0403. The van der Waals surface area contributed by atoms with E-state index in [-0.39, 0.29) is 12.4 Å². The number of hydrogen-bond donors (Lipinski definition) is 1. The highest BCUT2D eigenvalue weighted by Crippen LogP contribution is 2.35. The zero-order chi connectivity index (χ0) is 25.8. The smallest absolute Gasteiger partial charge is 0.231 e. The number of anilines is 1. The Hall–Kier alpha value is -4.90. The molecule has 1 saturated heterocycles. The van der Waals surface area contributed by atoms with Crippen LogP contribution >= 0.6 is 0 Å². The van der Waals surface area contributed by atoms with Gasteiger partial charge in [-0.2, -0.15) is 10.5 Å². The minimum absolute atomic E-state index is 0.0403. The fourth-order valence-electron chi connectivity index (χ4n) is 4.49. The molecule has 2 aliphatic heterocycles. The normalized spacial score (nSPS) is 14.1. The monoisotopic (exact) mass is 499 g/mol. The molecule has 0 spiro atoms. The molecule has 188 valence electrons. The summed E-state index contributed by atoms with van der Waals surface area (Å²) in [5, 5.41) is 23.4. The van der Waals surface area contributed by atoms with Crippen LogP contribution in [-0.4, -0.2) is 62.1 Å². The van der Waals surface area contributed by atoms with Gasteiger partial charge in [-0.25, -0.2) is 9.97 Å². The number of fused-ring (bicyclic) bond motifs is 2. The molecule has 0 atom stereocenters. The lowest BCUT2D eigenvalue weighted by molar-refractivity contribution is 0.174. The van der Waals surface area contributed by atoms with Crippen LogP contribution in [0.4, 0.5) is 5.82 Å². The second-order valence-electron chi connectivity index (χ2n) is 8.38. The molecule has 11 nitrogen and oxygen atoms in total. The van der Waals surface area contributed by atoms with E-state index in [0.717, 1.165) is 22.3 Å². The van der Waals surface area contributed by atoms with Gasteiger partial charge < -0.3 is 34.1 Å². The average molecular weight is 500 g/mol. The molecular weight excluding hydrogens is 474 g/mol. The number of benzene rings is 2. The Balaban J connectivity index is 1.33. The van der Waals surface area contributed by atoms with Crippen molar-refractivity contribution in [3.05, 3.63) is 53.6 Å². The van der Waals surface area contributed by atoms with Gasteiger partial charge >= 0.3 is 0 Å². The standard InChI is InChI=1S/C26H25N7O4/c1-34-22-10-19-20(11-23(22)35-2)30-15-31-26(19)33-7-5-32(6-8-33)25(18(12-27)13-28)29-14-17-3-4-21-24(9-17)37-16-36-21/h3-4,9-11,15,29H,5-8,14,16H2,1-2H3. The van der Waals surface area contributed by atoms with Crippen molar-refractivity contribution in [3.63, 3.8) is 0 Å². The number of aromatic nitrogens is 2. The molecule has 3 aromatic rings. The van der Waals surface area contributed by atoms with E-state index in [1.165, 1.54) is 6.33 Å². The number of nitrogens with one attached hydrogen (secondary N) is 1. The van der Waals surface area contributed by atoms with Crippen molar-refractivity contribution in [2.75, 3.05) is 52.1 Å². The second-order valence-corrected chi connectivity index (χ2v) is 8.38. The third kappa shape index (κ3) is 4.67.